The summed E-state index contributed by atoms with van der Waals surface area (Å²) in [5.74, 6) is -0.481. The topological polar surface area (TPSA) is 68.7 Å². The Morgan fingerprint density at radius 3 is 2.44 bits per heavy atom. The van der Waals surface area contributed by atoms with Crippen LogP contribution in [0.1, 0.15) is 20.3 Å². The van der Waals surface area contributed by atoms with Gasteiger partial charge in [-0.3, -0.25) is 10.2 Å². The second kappa shape index (κ2) is 10.5. The number of carbonyl (C=O) groups excluding carboxylic acids is 1. The van der Waals surface area contributed by atoms with E-state index >= 15 is 0 Å². The van der Waals surface area contributed by atoms with Crippen LogP contribution in [0.2, 0.25) is 0 Å². The monoisotopic (exact) mass is 460 g/mol. The smallest absolute Gasteiger partial charge is 0.406 e. The third kappa shape index (κ3) is 7.24. The number of benzene rings is 1. The van der Waals surface area contributed by atoms with Crippen LogP contribution in [0.3, 0.4) is 0 Å². The van der Waals surface area contributed by atoms with Crippen LogP contribution in [0.5, 0.6) is 5.75 Å². The molecule has 11 heteroatoms. The number of hydrogen-bond acceptors (Lipinski definition) is 4. The minimum atomic E-state index is -4.79. The highest BCUT2D eigenvalue weighted by Gasteiger charge is 2.31. The number of halogens is 5. The first-order valence-corrected chi connectivity index (χ1v) is 9.72. The van der Waals surface area contributed by atoms with Crippen molar-refractivity contribution in [3.63, 3.8) is 0 Å². The molecule has 176 valence electrons. The number of alkyl halides is 5. The molecule has 1 aromatic carbocycles. The highest BCUT2D eigenvalue weighted by Crippen LogP contribution is 2.27. The van der Waals surface area contributed by atoms with Crippen LogP contribution in [-0.2, 0) is 4.79 Å². The molecule has 0 spiro atoms. The Hall–Kier alpha value is -3.11. The van der Waals surface area contributed by atoms with Crippen LogP contribution < -0.4 is 10.1 Å². The summed E-state index contributed by atoms with van der Waals surface area (Å²) in [5.41, 5.74) is 1.49. The summed E-state index contributed by atoms with van der Waals surface area (Å²) in [6, 6.07) is 5.14. The summed E-state index contributed by atoms with van der Waals surface area (Å²) in [5, 5.41) is 11.6. The first-order valence-electron chi connectivity index (χ1n) is 9.72. The van der Waals surface area contributed by atoms with Gasteiger partial charge in [-0.2, -0.15) is 0 Å². The van der Waals surface area contributed by atoms with Gasteiger partial charge in [-0.05, 0) is 36.8 Å². The molecule has 0 saturated carbocycles. The molecule has 0 fully saturated rings. The number of allylic oxidation sites excluding steroid dienone is 1. The number of nitrogens with one attached hydrogen (secondary N) is 2. The van der Waals surface area contributed by atoms with Gasteiger partial charge in [-0.1, -0.05) is 6.08 Å². The number of rotatable bonds is 7. The highest BCUT2D eigenvalue weighted by molar-refractivity contribution is 5.98. The van der Waals surface area contributed by atoms with Crippen molar-refractivity contribution < 1.29 is 31.5 Å². The van der Waals surface area contributed by atoms with Gasteiger partial charge in [0.2, 0.25) is 5.91 Å². The summed E-state index contributed by atoms with van der Waals surface area (Å²) in [7, 11) is 1.58. The number of anilines is 1. The minimum absolute atomic E-state index is 0.0498. The summed E-state index contributed by atoms with van der Waals surface area (Å²) < 4.78 is 66.3. The van der Waals surface area contributed by atoms with E-state index in [0.29, 0.717) is 29.9 Å². The number of nitrogens with zero attached hydrogens (tertiary/aromatic N) is 2. The van der Waals surface area contributed by atoms with Gasteiger partial charge in [0.1, 0.15) is 11.6 Å². The Bertz CT molecular complexity index is 894. The molecule has 0 saturated heterocycles. The fraction of sp³-hybridized carbons (Fsp3) is 0.429. The maximum atomic E-state index is 12.7. The minimum Gasteiger partial charge on any atom is -0.406 e. The Balaban J connectivity index is 2.24. The molecule has 0 aromatic heterocycles. The lowest BCUT2D eigenvalue weighted by atomic mass is 10.0. The highest BCUT2D eigenvalue weighted by atomic mass is 19.4. The van der Waals surface area contributed by atoms with Crippen molar-refractivity contribution in [2.45, 2.75) is 33.1 Å². The standard InChI is InChI=1S/C21H25F5N4O2/c1-13(19(22)23)8-10-29(3)20(27)17-12-30(14(2)31)11-9-18(17)28-15-4-6-16(7-5-15)32-21(24,25)26/h4-8,19,27-28H,9-12H2,1-3H3/b13-8+,27-20?. The van der Waals surface area contributed by atoms with Gasteiger partial charge in [0.15, 0.2) is 0 Å². The van der Waals surface area contributed by atoms with Gasteiger partial charge in [0.05, 0.1) is 6.54 Å². The van der Waals surface area contributed by atoms with Gasteiger partial charge < -0.3 is 19.9 Å². The first kappa shape index (κ1) is 25.2. The molecule has 1 heterocycles. The average molecular weight is 460 g/mol. The molecule has 0 aliphatic carbocycles. The molecule has 6 nitrogen and oxygen atoms in total. The Labute approximate surface area is 182 Å². The maximum absolute atomic E-state index is 12.7. The van der Waals surface area contributed by atoms with Gasteiger partial charge >= 0.3 is 6.36 Å². The van der Waals surface area contributed by atoms with Gasteiger partial charge in [-0.15, -0.1) is 13.2 Å². The second-order valence-corrected chi connectivity index (χ2v) is 7.32. The van der Waals surface area contributed by atoms with Crippen molar-refractivity contribution in [1.82, 2.24) is 9.80 Å². The fourth-order valence-corrected chi connectivity index (χ4v) is 2.99. The molecular weight excluding hydrogens is 435 g/mol. The molecule has 32 heavy (non-hydrogen) atoms. The molecule has 2 rings (SSSR count). The van der Waals surface area contributed by atoms with Crippen LogP contribution in [0.4, 0.5) is 27.6 Å². The third-order valence-corrected chi connectivity index (χ3v) is 4.87. The molecule has 2 N–H and O–H groups in total. The van der Waals surface area contributed by atoms with E-state index in [1.807, 2.05) is 0 Å². The lowest BCUT2D eigenvalue weighted by Gasteiger charge is -2.33. The first-order chi connectivity index (χ1) is 14.9. The number of amides is 1. The van der Waals surface area contributed by atoms with Gasteiger partial charge in [0, 0.05) is 50.4 Å². The lowest BCUT2D eigenvalue weighted by molar-refractivity contribution is -0.274. The van der Waals surface area contributed by atoms with E-state index in [2.05, 4.69) is 10.1 Å². The van der Waals surface area contributed by atoms with Crippen molar-refractivity contribution in [3.8, 4) is 5.75 Å². The second-order valence-electron chi connectivity index (χ2n) is 7.32. The van der Waals surface area contributed by atoms with Crippen LogP contribution in [0.15, 0.2) is 47.2 Å². The summed E-state index contributed by atoms with van der Waals surface area (Å²) in [6.07, 6.45) is -5.66. The fourth-order valence-electron chi connectivity index (χ4n) is 2.99. The van der Waals surface area contributed by atoms with Gasteiger partial charge in [0.25, 0.3) is 6.43 Å². The van der Waals surface area contributed by atoms with Gasteiger partial charge in [-0.25, -0.2) is 8.78 Å². The van der Waals surface area contributed by atoms with Crippen LogP contribution >= 0.6 is 0 Å². The maximum Gasteiger partial charge on any atom is 0.573 e. The van der Waals surface area contributed by atoms with E-state index in [4.69, 9.17) is 5.41 Å². The molecule has 0 bridgehead atoms. The Morgan fingerprint density at radius 2 is 1.91 bits per heavy atom. The van der Waals surface area contributed by atoms with Crippen molar-refractivity contribution in [2.75, 3.05) is 32.0 Å². The van der Waals surface area contributed by atoms with Crippen molar-refractivity contribution >= 4 is 17.4 Å². The number of hydrogen-bond donors (Lipinski definition) is 2. The molecule has 0 unspecified atom stereocenters. The predicted octanol–water partition coefficient (Wildman–Crippen LogP) is 4.62. The molecule has 1 aromatic rings. The SMILES string of the molecule is CC(=O)N1CCC(Nc2ccc(OC(F)(F)F)cc2)=C(C(=N)N(C)C/C=C(\C)C(F)F)C1. The van der Waals surface area contributed by atoms with Crippen LogP contribution in [0, 0.1) is 5.41 Å². The predicted molar refractivity (Wildman–Crippen MR) is 111 cm³/mol. The lowest BCUT2D eigenvalue weighted by Crippen LogP contribution is -2.41. The molecular formula is C21H25F5N4O2. The quantitative estimate of drug-likeness (QED) is 0.270. The van der Waals surface area contributed by atoms with Crippen LogP contribution in [-0.4, -0.2) is 61.0 Å². The van der Waals surface area contributed by atoms with E-state index in [0.717, 1.165) is 12.1 Å². The van der Waals surface area contributed by atoms with E-state index < -0.39 is 12.8 Å². The zero-order valence-corrected chi connectivity index (χ0v) is 17.9. The van der Waals surface area contributed by atoms with E-state index in [-0.39, 0.29) is 36.2 Å². The molecule has 0 radical (unpaired) electrons. The van der Waals surface area contributed by atoms with Crippen molar-refractivity contribution in [2.24, 2.45) is 0 Å². The summed E-state index contributed by atoms with van der Waals surface area (Å²) >= 11 is 0. The largest absolute Gasteiger partial charge is 0.573 e. The third-order valence-electron chi connectivity index (χ3n) is 4.87. The molecule has 1 aliphatic heterocycles. The molecule has 1 aliphatic rings. The van der Waals surface area contributed by atoms with Crippen molar-refractivity contribution in [3.05, 3.63) is 47.2 Å². The van der Waals surface area contributed by atoms with Crippen LogP contribution in [0.25, 0.3) is 0 Å². The summed E-state index contributed by atoms with van der Waals surface area (Å²) in [6.45, 7) is 3.34. The number of likely N-dealkylation sites (N-methyl/N-ethyl adjacent to an activating group) is 1. The molecule has 0 atom stereocenters. The Morgan fingerprint density at radius 1 is 1.28 bits per heavy atom. The normalized spacial score (nSPS) is 15.2. The average Bonchev–Trinajstić information content (AvgIpc) is 2.71. The Kier molecular flexibility index (Phi) is 8.23. The molecule has 1 amide bonds. The number of carbonyl (C=O) groups is 1. The zero-order chi connectivity index (χ0) is 24.1. The summed E-state index contributed by atoms with van der Waals surface area (Å²) in [4.78, 5) is 14.9. The van der Waals surface area contributed by atoms with E-state index in [9.17, 15) is 26.7 Å². The zero-order valence-electron chi connectivity index (χ0n) is 17.9. The number of ether oxygens (including phenoxy) is 1. The van der Waals surface area contributed by atoms with Crippen molar-refractivity contribution in [1.29, 1.82) is 5.41 Å². The van der Waals surface area contributed by atoms with E-state index in [1.54, 1.807) is 11.9 Å². The number of amidine groups is 1. The van der Waals surface area contributed by atoms with E-state index in [1.165, 1.54) is 37.0 Å².